The number of thioether (sulfide) groups is 1. The summed E-state index contributed by atoms with van der Waals surface area (Å²) in [5, 5.41) is 0. The molecule has 0 aliphatic carbocycles. The van der Waals surface area contributed by atoms with E-state index in [0.29, 0.717) is 0 Å². The van der Waals surface area contributed by atoms with Crippen molar-refractivity contribution in [3.63, 3.8) is 0 Å². The maximum Gasteiger partial charge on any atom is 0.0975 e. The molecule has 0 amide bonds. The molecule has 1 nitrogen and oxygen atoms in total. The largest absolute Gasteiger partial charge is 0.281 e. The molecule has 2 rings (SSSR count). The first-order valence-electron chi connectivity index (χ1n) is 2.11. The average Bonchev–Trinajstić information content (AvgIpc) is 2.17. The average molecular weight is 99.2 g/mol. The van der Waals surface area contributed by atoms with Gasteiger partial charge < -0.3 is 0 Å². The molecule has 1 atom stereocenters. The van der Waals surface area contributed by atoms with Crippen molar-refractivity contribution in [1.29, 1.82) is 0 Å². The summed E-state index contributed by atoms with van der Waals surface area (Å²) in [7, 11) is 0. The second-order valence-electron chi connectivity index (χ2n) is 1.65. The molecular weight excluding hydrogens is 94.1 g/mol. The van der Waals surface area contributed by atoms with Crippen LogP contribution in [0.1, 0.15) is 0 Å². The minimum atomic E-state index is 0.718. The molecule has 0 N–H and O–H groups in total. The number of hydrogen-bond donors (Lipinski definition) is 0. The van der Waals surface area contributed by atoms with Gasteiger partial charge in [-0.25, -0.2) is 0 Å². The van der Waals surface area contributed by atoms with Crippen LogP contribution in [0, 0.1) is 0 Å². The molecule has 2 heterocycles. The lowest BCUT2D eigenvalue weighted by molar-refractivity contribution is 1.18. The van der Waals surface area contributed by atoms with Gasteiger partial charge in [0.2, 0.25) is 0 Å². The second-order valence-corrected chi connectivity index (χ2v) is 2.68. The molecule has 0 aromatic heterocycles. The van der Waals surface area contributed by atoms with Gasteiger partial charge in [-0.2, -0.15) is 11.8 Å². The number of rotatable bonds is 0. The highest BCUT2D eigenvalue weighted by Crippen LogP contribution is 2.27. The number of nitrogens with zero attached hydrogens (tertiary/aromatic N) is 1. The van der Waals surface area contributed by atoms with Crippen molar-refractivity contribution >= 4 is 17.5 Å². The van der Waals surface area contributed by atoms with Crippen molar-refractivity contribution in [2.45, 2.75) is 6.04 Å². The standard InChI is InChI=1S/C4H5NS/c1-3-4(5-3)2-6-1/h3H,1-2H2. The van der Waals surface area contributed by atoms with E-state index in [9.17, 15) is 0 Å². The van der Waals surface area contributed by atoms with Crippen molar-refractivity contribution in [3.8, 4) is 0 Å². The van der Waals surface area contributed by atoms with Gasteiger partial charge in [-0.15, -0.1) is 0 Å². The molecule has 1 fully saturated rings. The Balaban J connectivity index is 2.22. The first kappa shape index (κ1) is 3.08. The Morgan fingerprint density at radius 2 is 2.83 bits per heavy atom. The van der Waals surface area contributed by atoms with Crippen LogP contribution in [0.15, 0.2) is 4.99 Å². The van der Waals surface area contributed by atoms with Gasteiger partial charge in [-0.3, -0.25) is 4.99 Å². The molecule has 0 aromatic carbocycles. The Labute approximate surface area is 40.8 Å². The van der Waals surface area contributed by atoms with E-state index in [4.69, 9.17) is 0 Å². The molecule has 0 bridgehead atoms. The fraction of sp³-hybridized carbons (Fsp3) is 0.750. The molecule has 1 saturated heterocycles. The molecular formula is C4H5NS. The summed E-state index contributed by atoms with van der Waals surface area (Å²) < 4.78 is 0. The summed E-state index contributed by atoms with van der Waals surface area (Å²) in [6, 6.07) is 0.718. The number of aliphatic imine (C=N–C) groups is 1. The van der Waals surface area contributed by atoms with Gasteiger partial charge in [0, 0.05) is 17.2 Å². The van der Waals surface area contributed by atoms with Gasteiger partial charge in [0.15, 0.2) is 0 Å². The minimum Gasteiger partial charge on any atom is -0.281 e. The van der Waals surface area contributed by atoms with Crippen molar-refractivity contribution in [3.05, 3.63) is 0 Å². The zero-order valence-corrected chi connectivity index (χ0v) is 4.16. The van der Waals surface area contributed by atoms with Crippen LogP contribution in [-0.4, -0.2) is 23.3 Å². The van der Waals surface area contributed by atoms with Crippen molar-refractivity contribution in [1.82, 2.24) is 0 Å². The SMILES string of the molecule is C1SCC2N=C12. The van der Waals surface area contributed by atoms with Crippen LogP contribution in [0.2, 0.25) is 0 Å². The Bertz CT molecular complexity index is 108. The van der Waals surface area contributed by atoms with Gasteiger partial charge in [0.1, 0.15) is 0 Å². The van der Waals surface area contributed by atoms with E-state index in [1.165, 1.54) is 17.2 Å². The van der Waals surface area contributed by atoms with E-state index in [0.717, 1.165) is 6.04 Å². The van der Waals surface area contributed by atoms with Crippen molar-refractivity contribution in [2.24, 2.45) is 4.99 Å². The first-order chi connectivity index (χ1) is 2.97. The maximum atomic E-state index is 4.16. The van der Waals surface area contributed by atoms with E-state index >= 15 is 0 Å². The van der Waals surface area contributed by atoms with Crippen molar-refractivity contribution in [2.75, 3.05) is 11.5 Å². The molecule has 0 spiro atoms. The quantitative estimate of drug-likeness (QED) is 0.432. The van der Waals surface area contributed by atoms with Gasteiger partial charge in [0.05, 0.1) is 6.04 Å². The van der Waals surface area contributed by atoms with Crippen LogP contribution in [0.3, 0.4) is 0 Å². The fourth-order valence-electron chi connectivity index (χ4n) is 0.705. The lowest BCUT2D eigenvalue weighted by Gasteiger charge is -1.77. The van der Waals surface area contributed by atoms with E-state index in [2.05, 4.69) is 4.99 Å². The molecule has 0 saturated carbocycles. The number of fused-ring (bicyclic) bond motifs is 1. The summed E-state index contributed by atoms with van der Waals surface area (Å²) in [5.41, 5.74) is 1.46. The highest BCUT2D eigenvalue weighted by molar-refractivity contribution is 8.00. The molecule has 32 valence electrons. The van der Waals surface area contributed by atoms with E-state index < -0.39 is 0 Å². The van der Waals surface area contributed by atoms with Crippen LogP contribution in [0.25, 0.3) is 0 Å². The van der Waals surface area contributed by atoms with Crippen LogP contribution in [-0.2, 0) is 0 Å². The third-order valence-corrected chi connectivity index (χ3v) is 2.22. The number of hydrogen-bond acceptors (Lipinski definition) is 2. The second kappa shape index (κ2) is 0.808. The summed E-state index contributed by atoms with van der Waals surface area (Å²) in [6.45, 7) is 0. The fourth-order valence-corrected chi connectivity index (χ4v) is 1.79. The predicted octanol–water partition coefficient (Wildman–Crippen LogP) is 0.556. The van der Waals surface area contributed by atoms with E-state index in [-0.39, 0.29) is 0 Å². The van der Waals surface area contributed by atoms with Crippen LogP contribution in [0.4, 0.5) is 0 Å². The molecule has 2 heteroatoms. The van der Waals surface area contributed by atoms with Crippen LogP contribution >= 0.6 is 11.8 Å². The summed E-state index contributed by atoms with van der Waals surface area (Å²) in [4.78, 5) is 4.16. The Morgan fingerprint density at radius 1 is 1.83 bits per heavy atom. The van der Waals surface area contributed by atoms with Gasteiger partial charge in [0.25, 0.3) is 0 Å². The topological polar surface area (TPSA) is 12.4 Å². The highest BCUT2D eigenvalue weighted by atomic mass is 32.2. The van der Waals surface area contributed by atoms with Gasteiger partial charge >= 0.3 is 0 Å². The minimum absolute atomic E-state index is 0.718. The molecule has 1 unspecified atom stereocenters. The molecule has 0 aromatic rings. The zero-order valence-electron chi connectivity index (χ0n) is 3.35. The van der Waals surface area contributed by atoms with Crippen molar-refractivity contribution < 1.29 is 0 Å². The Morgan fingerprint density at radius 3 is 3.00 bits per heavy atom. The highest BCUT2D eigenvalue weighted by Gasteiger charge is 2.32. The van der Waals surface area contributed by atoms with Gasteiger partial charge in [-0.05, 0) is 0 Å². The summed E-state index contributed by atoms with van der Waals surface area (Å²) >= 11 is 2.00. The lowest BCUT2D eigenvalue weighted by atomic mass is 10.4. The van der Waals surface area contributed by atoms with Gasteiger partial charge in [-0.1, -0.05) is 0 Å². The zero-order chi connectivity index (χ0) is 3.98. The smallest absolute Gasteiger partial charge is 0.0975 e. The Kier molecular flexibility index (Phi) is 0.415. The van der Waals surface area contributed by atoms with E-state index in [1.54, 1.807) is 0 Å². The third-order valence-electron chi connectivity index (χ3n) is 1.16. The maximum absolute atomic E-state index is 4.16. The lowest BCUT2D eigenvalue weighted by Crippen LogP contribution is -1.87. The van der Waals surface area contributed by atoms with Crippen LogP contribution in [0.5, 0.6) is 0 Å². The normalized spacial score (nSPS) is 38.7. The molecule has 2 aliphatic heterocycles. The summed E-state index contributed by atoms with van der Waals surface area (Å²) in [5.74, 6) is 2.50. The predicted molar refractivity (Wildman–Crippen MR) is 28.5 cm³/mol. The van der Waals surface area contributed by atoms with Crippen LogP contribution < -0.4 is 0 Å². The third kappa shape index (κ3) is 0.254. The Hall–Kier alpha value is 0.0200. The molecule has 6 heavy (non-hydrogen) atoms. The van der Waals surface area contributed by atoms with E-state index in [1.807, 2.05) is 11.8 Å². The molecule has 2 aliphatic rings. The summed E-state index contributed by atoms with van der Waals surface area (Å²) in [6.07, 6.45) is 0. The first-order valence-corrected chi connectivity index (χ1v) is 3.26. The molecule has 0 radical (unpaired) electrons. The monoisotopic (exact) mass is 99.0 g/mol.